The van der Waals surface area contributed by atoms with Crippen molar-refractivity contribution >= 4 is 15.9 Å². The SMILES string of the molecule is NC(CC1CCOC1)c1ccoc1Br. The Morgan fingerprint density at radius 1 is 1.64 bits per heavy atom. The average molecular weight is 260 g/mol. The summed E-state index contributed by atoms with van der Waals surface area (Å²) in [6, 6.07) is 1.97. The smallest absolute Gasteiger partial charge is 0.173 e. The minimum absolute atomic E-state index is 0.0508. The lowest BCUT2D eigenvalue weighted by molar-refractivity contribution is 0.182. The van der Waals surface area contributed by atoms with Gasteiger partial charge in [-0.2, -0.15) is 0 Å². The second-order valence-corrected chi connectivity index (χ2v) is 4.44. The number of hydrogen-bond acceptors (Lipinski definition) is 3. The van der Waals surface area contributed by atoms with E-state index < -0.39 is 0 Å². The molecule has 0 amide bonds. The fraction of sp³-hybridized carbons (Fsp3) is 0.600. The maximum Gasteiger partial charge on any atom is 0.173 e. The van der Waals surface area contributed by atoms with Gasteiger partial charge in [-0.15, -0.1) is 0 Å². The van der Waals surface area contributed by atoms with Gasteiger partial charge in [-0.25, -0.2) is 0 Å². The third-order valence-corrected chi connectivity index (χ3v) is 3.30. The lowest BCUT2D eigenvalue weighted by Gasteiger charge is -2.13. The maximum absolute atomic E-state index is 6.07. The summed E-state index contributed by atoms with van der Waals surface area (Å²) in [7, 11) is 0. The zero-order chi connectivity index (χ0) is 9.97. The summed E-state index contributed by atoms with van der Waals surface area (Å²) in [6.45, 7) is 1.73. The Bertz CT molecular complexity index is 294. The number of furan rings is 1. The molecule has 2 heterocycles. The summed E-state index contributed by atoms with van der Waals surface area (Å²) in [5, 5.41) is 0. The van der Waals surface area contributed by atoms with Crippen molar-refractivity contribution in [1.82, 2.24) is 0 Å². The highest BCUT2D eigenvalue weighted by atomic mass is 79.9. The van der Waals surface area contributed by atoms with E-state index in [-0.39, 0.29) is 6.04 Å². The first-order valence-corrected chi connectivity index (χ1v) is 5.63. The Hall–Kier alpha value is -0.320. The third kappa shape index (κ3) is 2.19. The molecule has 14 heavy (non-hydrogen) atoms. The molecule has 2 N–H and O–H groups in total. The molecule has 78 valence electrons. The molecule has 1 aliphatic rings. The Balaban J connectivity index is 1.95. The molecular weight excluding hydrogens is 246 g/mol. The molecule has 1 aliphatic heterocycles. The van der Waals surface area contributed by atoms with Gasteiger partial charge in [0.25, 0.3) is 0 Å². The van der Waals surface area contributed by atoms with E-state index in [0.717, 1.165) is 36.3 Å². The molecule has 1 saturated heterocycles. The first kappa shape index (κ1) is 10.2. The van der Waals surface area contributed by atoms with E-state index in [1.54, 1.807) is 6.26 Å². The summed E-state index contributed by atoms with van der Waals surface area (Å²) in [5.41, 5.74) is 7.13. The molecule has 1 aromatic heterocycles. The zero-order valence-corrected chi connectivity index (χ0v) is 9.50. The minimum Gasteiger partial charge on any atom is -0.457 e. The van der Waals surface area contributed by atoms with Gasteiger partial charge < -0.3 is 14.9 Å². The summed E-state index contributed by atoms with van der Waals surface area (Å²) >= 11 is 3.34. The Morgan fingerprint density at radius 2 is 2.50 bits per heavy atom. The second kappa shape index (κ2) is 4.47. The van der Waals surface area contributed by atoms with Crippen LogP contribution >= 0.6 is 15.9 Å². The summed E-state index contributed by atoms with van der Waals surface area (Å²) < 4.78 is 11.2. The average Bonchev–Trinajstić information content (AvgIpc) is 2.75. The van der Waals surface area contributed by atoms with Gasteiger partial charge in [-0.05, 0) is 40.8 Å². The lowest BCUT2D eigenvalue weighted by atomic mass is 9.96. The highest BCUT2D eigenvalue weighted by Gasteiger charge is 2.21. The van der Waals surface area contributed by atoms with Crippen molar-refractivity contribution in [3.63, 3.8) is 0 Å². The van der Waals surface area contributed by atoms with Crippen LogP contribution in [0.3, 0.4) is 0 Å². The molecule has 2 unspecified atom stereocenters. The van der Waals surface area contributed by atoms with Gasteiger partial charge in [0.15, 0.2) is 4.67 Å². The minimum atomic E-state index is 0.0508. The molecule has 0 aromatic carbocycles. The van der Waals surface area contributed by atoms with Crippen molar-refractivity contribution in [3.8, 4) is 0 Å². The maximum atomic E-state index is 6.07. The highest BCUT2D eigenvalue weighted by molar-refractivity contribution is 9.10. The van der Waals surface area contributed by atoms with Gasteiger partial charge in [0.2, 0.25) is 0 Å². The standard InChI is InChI=1S/C10H14BrNO2/c11-10-8(2-4-14-10)9(12)5-7-1-3-13-6-7/h2,4,7,9H,1,3,5-6,12H2. The number of nitrogens with two attached hydrogens (primary N) is 1. The monoisotopic (exact) mass is 259 g/mol. The Kier molecular flexibility index (Phi) is 3.26. The van der Waals surface area contributed by atoms with E-state index in [1.165, 1.54) is 0 Å². The molecule has 2 atom stereocenters. The molecule has 3 nitrogen and oxygen atoms in total. The third-order valence-electron chi connectivity index (χ3n) is 2.66. The number of rotatable bonds is 3. The topological polar surface area (TPSA) is 48.4 Å². The van der Waals surface area contributed by atoms with Crippen molar-refractivity contribution in [2.45, 2.75) is 18.9 Å². The predicted octanol–water partition coefficient (Wildman–Crippen LogP) is 2.47. The quantitative estimate of drug-likeness (QED) is 0.908. The van der Waals surface area contributed by atoms with Crippen LogP contribution < -0.4 is 5.73 Å². The molecule has 1 fully saturated rings. The normalized spacial score (nSPS) is 24.0. The van der Waals surface area contributed by atoms with E-state index >= 15 is 0 Å². The summed E-state index contributed by atoms with van der Waals surface area (Å²) in [5.74, 6) is 0.604. The number of hydrogen-bond donors (Lipinski definition) is 1. The van der Waals surface area contributed by atoms with Crippen LogP contribution in [0.15, 0.2) is 21.4 Å². The highest BCUT2D eigenvalue weighted by Crippen LogP contribution is 2.29. The summed E-state index contributed by atoms with van der Waals surface area (Å²) in [4.78, 5) is 0. The van der Waals surface area contributed by atoms with E-state index in [1.807, 2.05) is 6.07 Å². The van der Waals surface area contributed by atoms with Crippen molar-refractivity contribution < 1.29 is 9.15 Å². The number of halogens is 1. The van der Waals surface area contributed by atoms with Gasteiger partial charge in [0.05, 0.1) is 6.26 Å². The van der Waals surface area contributed by atoms with Crippen LogP contribution in [0, 0.1) is 5.92 Å². The van der Waals surface area contributed by atoms with Crippen LogP contribution in [-0.2, 0) is 4.74 Å². The van der Waals surface area contributed by atoms with E-state index in [2.05, 4.69) is 15.9 Å². The second-order valence-electron chi connectivity index (χ2n) is 3.72. The van der Waals surface area contributed by atoms with Crippen LogP contribution in [0.25, 0.3) is 0 Å². The molecule has 2 rings (SSSR count). The van der Waals surface area contributed by atoms with Crippen molar-refractivity contribution in [1.29, 1.82) is 0 Å². The molecule has 1 aromatic rings. The van der Waals surface area contributed by atoms with Crippen LogP contribution in [0.4, 0.5) is 0 Å². The van der Waals surface area contributed by atoms with Crippen LogP contribution in [-0.4, -0.2) is 13.2 Å². The van der Waals surface area contributed by atoms with E-state index in [9.17, 15) is 0 Å². The lowest BCUT2D eigenvalue weighted by Crippen LogP contribution is -2.15. The van der Waals surface area contributed by atoms with Crippen LogP contribution in [0.5, 0.6) is 0 Å². The Morgan fingerprint density at radius 3 is 3.07 bits per heavy atom. The molecule has 0 aliphatic carbocycles. The molecule has 0 bridgehead atoms. The number of ether oxygens (including phenoxy) is 1. The fourth-order valence-corrected chi connectivity index (χ4v) is 2.36. The molecule has 0 saturated carbocycles. The van der Waals surface area contributed by atoms with Gasteiger partial charge in [-0.1, -0.05) is 0 Å². The first-order chi connectivity index (χ1) is 6.77. The zero-order valence-electron chi connectivity index (χ0n) is 7.91. The van der Waals surface area contributed by atoms with Crippen molar-refractivity contribution in [2.24, 2.45) is 11.7 Å². The fourth-order valence-electron chi connectivity index (χ4n) is 1.83. The van der Waals surface area contributed by atoms with Gasteiger partial charge >= 0.3 is 0 Å². The Labute approximate surface area is 91.7 Å². The molecule has 0 radical (unpaired) electrons. The van der Waals surface area contributed by atoms with Crippen molar-refractivity contribution in [2.75, 3.05) is 13.2 Å². The largest absolute Gasteiger partial charge is 0.457 e. The molecule has 0 spiro atoms. The van der Waals surface area contributed by atoms with Gasteiger partial charge in [0, 0.05) is 24.8 Å². The van der Waals surface area contributed by atoms with E-state index in [4.69, 9.17) is 14.9 Å². The van der Waals surface area contributed by atoms with Gasteiger partial charge in [0.1, 0.15) is 0 Å². The molecule has 4 heteroatoms. The first-order valence-electron chi connectivity index (χ1n) is 4.83. The summed E-state index contributed by atoms with van der Waals surface area (Å²) in [6.07, 6.45) is 3.76. The van der Waals surface area contributed by atoms with Crippen LogP contribution in [0.2, 0.25) is 0 Å². The molecular formula is C10H14BrNO2. The van der Waals surface area contributed by atoms with Crippen molar-refractivity contribution in [3.05, 3.63) is 22.6 Å². The predicted molar refractivity (Wildman–Crippen MR) is 56.9 cm³/mol. The van der Waals surface area contributed by atoms with Crippen LogP contribution in [0.1, 0.15) is 24.4 Å². The van der Waals surface area contributed by atoms with E-state index in [0.29, 0.717) is 5.92 Å². The van der Waals surface area contributed by atoms with Gasteiger partial charge in [-0.3, -0.25) is 0 Å².